The fraction of sp³-hybridized carbons (Fsp3) is 0.450. The standard InChI is InChI=1S/C20H27NO4S/c22-20(23)14-7-2-1-6-11-18-12-8-13-19(18)21-26(24,25)16-15-17-9-4-3-5-10-17/h1,3-6,9-10,15-16,18-19,21H,2,7-8,11-14H2,(H,22,23)/b6-1+,16-15+. The first-order valence-corrected chi connectivity index (χ1v) is 10.6. The Hall–Kier alpha value is -1.92. The van der Waals surface area contributed by atoms with Crippen LogP contribution in [0.1, 0.15) is 50.5 Å². The number of unbranched alkanes of at least 4 members (excludes halogenated alkanes) is 1. The molecule has 0 aliphatic heterocycles. The molecule has 0 heterocycles. The van der Waals surface area contributed by atoms with Gasteiger partial charge in [-0.1, -0.05) is 48.9 Å². The summed E-state index contributed by atoms with van der Waals surface area (Å²) in [7, 11) is -3.46. The van der Waals surface area contributed by atoms with Crippen LogP contribution in [0.15, 0.2) is 47.9 Å². The third-order valence-electron chi connectivity index (χ3n) is 4.58. The van der Waals surface area contributed by atoms with Crippen LogP contribution in [0.4, 0.5) is 0 Å². The van der Waals surface area contributed by atoms with Crippen molar-refractivity contribution in [1.29, 1.82) is 0 Å². The summed E-state index contributed by atoms with van der Waals surface area (Å²) in [5, 5.41) is 9.84. The van der Waals surface area contributed by atoms with Crippen molar-refractivity contribution >= 4 is 22.1 Å². The van der Waals surface area contributed by atoms with E-state index >= 15 is 0 Å². The van der Waals surface area contributed by atoms with Crippen molar-refractivity contribution in [2.45, 2.75) is 51.0 Å². The highest BCUT2D eigenvalue weighted by Crippen LogP contribution is 2.29. The Kier molecular flexibility index (Phi) is 8.06. The summed E-state index contributed by atoms with van der Waals surface area (Å²) in [5.74, 6) is -0.474. The molecule has 0 bridgehead atoms. The number of carboxylic acid groups (broad SMARTS) is 1. The number of nitrogens with one attached hydrogen (secondary N) is 1. The summed E-state index contributed by atoms with van der Waals surface area (Å²) in [6.45, 7) is 0. The van der Waals surface area contributed by atoms with E-state index in [1.54, 1.807) is 6.08 Å². The minimum absolute atomic E-state index is 0.0379. The molecule has 26 heavy (non-hydrogen) atoms. The first-order valence-electron chi connectivity index (χ1n) is 9.08. The van der Waals surface area contributed by atoms with Crippen LogP contribution < -0.4 is 4.72 Å². The Bertz CT molecular complexity index is 725. The van der Waals surface area contributed by atoms with E-state index in [2.05, 4.69) is 10.8 Å². The predicted octanol–water partition coefficient (Wildman–Crippen LogP) is 3.95. The third-order valence-corrected chi connectivity index (χ3v) is 5.71. The lowest BCUT2D eigenvalue weighted by Crippen LogP contribution is -2.36. The highest BCUT2D eigenvalue weighted by Gasteiger charge is 2.28. The lowest BCUT2D eigenvalue weighted by atomic mass is 10.00. The number of carboxylic acids is 1. The summed E-state index contributed by atoms with van der Waals surface area (Å²) in [6.07, 6.45) is 10.9. The Balaban J connectivity index is 1.82. The molecule has 2 atom stereocenters. The summed E-state index contributed by atoms with van der Waals surface area (Å²) in [5.41, 5.74) is 0.852. The molecule has 0 radical (unpaired) electrons. The Morgan fingerprint density at radius 1 is 1.19 bits per heavy atom. The van der Waals surface area contributed by atoms with Gasteiger partial charge in [-0.15, -0.1) is 0 Å². The molecule has 1 aliphatic rings. The number of aliphatic carboxylic acids is 1. The summed E-state index contributed by atoms with van der Waals surface area (Å²) in [6, 6.07) is 9.32. The van der Waals surface area contributed by atoms with Crippen molar-refractivity contribution in [3.8, 4) is 0 Å². The van der Waals surface area contributed by atoms with E-state index in [0.29, 0.717) is 12.3 Å². The molecular weight excluding hydrogens is 350 g/mol. The van der Waals surface area contributed by atoms with Gasteiger partial charge in [-0.25, -0.2) is 13.1 Å². The zero-order valence-corrected chi connectivity index (χ0v) is 15.7. The van der Waals surface area contributed by atoms with E-state index in [-0.39, 0.29) is 12.5 Å². The molecule has 1 aromatic carbocycles. The highest BCUT2D eigenvalue weighted by molar-refractivity contribution is 7.92. The SMILES string of the molecule is O=C(O)CCC/C=C/CC1CCCC1NS(=O)(=O)/C=C/c1ccccc1. The highest BCUT2D eigenvalue weighted by atomic mass is 32.2. The lowest BCUT2D eigenvalue weighted by Gasteiger charge is -2.18. The van der Waals surface area contributed by atoms with Crippen molar-refractivity contribution in [3.05, 3.63) is 53.5 Å². The number of hydrogen-bond acceptors (Lipinski definition) is 3. The smallest absolute Gasteiger partial charge is 0.303 e. The van der Waals surface area contributed by atoms with Gasteiger partial charge >= 0.3 is 5.97 Å². The van der Waals surface area contributed by atoms with Crippen LogP contribution in [0.25, 0.3) is 6.08 Å². The maximum atomic E-state index is 12.3. The van der Waals surface area contributed by atoms with Gasteiger partial charge in [-0.2, -0.15) is 0 Å². The van der Waals surface area contributed by atoms with Crippen LogP contribution in [0.5, 0.6) is 0 Å². The molecule has 0 saturated heterocycles. The van der Waals surface area contributed by atoms with Gasteiger partial charge in [-0.3, -0.25) is 4.79 Å². The van der Waals surface area contributed by atoms with Gasteiger partial charge in [0.25, 0.3) is 0 Å². The molecule has 1 aliphatic carbocycles. The van der Waals surface area contributed by atoms with Gasteiger partial charge in [0.05, 0.1) is 0 Å². The maximum absolute atomic E-state index is 12.3. The molecule has 1 aromatic rings. The molecule has 0 amide bonds. The minimum atomic E-state index is -3.46. The van der Waals surface area contributed by atoms with Crippen molar-refractivity contribution in [2.24, 2.45) is 5.92 Å². The van der Waals surface area contributed by atoms with E-state index in [1.807, 2.05) is 36.4 Å². The molecule has 2 unspecified atom stereocenters. The number of allylic oxidation sites excluding steroid dienone is 2. The topological polar surface area (TPSA) is 83.5 Å². The lowest BCUT2D eigenvalue weighted by molar-refractivity contribution is -0.137. The summed E-state index contributed by atoms with van der Waals surface area (Å²) in [4.78, 5) is 10.5. The van der Waals surface area contributed by atoms with E-state index in [4.69, 9.17) is 5.11 Å². The average Bonchev–Trinajstić information content (AvgIpc) is 3.03. The maximum Gasteiger partial charge on any atom is 0.303 e. The number of sulfonamides is 1. The fourth-order valence-electron chi connectivity index (χ4n) is 3.22. The molecule has 6 heteroatoms. The van der Waals surface area contributed by atoms with Crippen molar-refractivity contribution < 1.29 is 18.3 Å². The zero-order valence-electron chi connectivity index (χ0n) is 14.9. The first-order chi connectivity index (χ1) is 12.5. The Morgan fingerprint density at radius 2 is 1.96 bits per heavy atom. The number of benzene rings is 1. The first kappa shape index (κ1) is 20.4. The molecular formula is C20H27NO4S. The van der Waals surface area contributed by atoms with Crippen LogP contribution >= 0.6 is 0 Å². The van der Waals surface area contributed by atoms with Gasteiger partial charge in [0.15, 0.2) is 0 Å². The van der Waals surface area contributed by atoms with Crippen LogP contribution in [0.3, 0.4) is 0 Å². The van der Waals surface area contributed by atoms with Crippen molar-refractivity contribution in [3.63, 3.8) is 0 Å². The Labute approximate surface area is 155 Å². The zero-order chi connectivity index (χ0) is 18.8. The van der Waals surface area contributed by atoms with Crippen LogP contribution in [0.2, 0.25) is 0 Å². The van der Waals surface area contributed by atoms with Crippen molar-refractivity contribution in [1.82, 2.24) is 4.72 Å². The second-order valence-corrected chi connectivity index (χ2v) is 8.26. The van der Waals surface area contributed by atoms with Crippen LogP contribution in [-0.4, -0.2) is 25.5 Å². The largest absolute Gasteiger partial charge is 0.481 e. The normalized spacial score (nSPS) is 20.9. The van der Waals surface area contributed by atoms with Gasteiger partial charge in [0, 0.05) is 17.9 Å². The molecule has 1 fully saturated rings. The van der Waals surface area contributed by atoms with Crippen LogP contribution in [0, 0.1) is 5.92 Å². The number of carbonyl (C=O) groups is 1. The summed E-state index contributed by atoms with van der Waals surface area (Å²) >= 11 is 0. The molecule has 0 aromatic heterocycles. The molecule has 1 saturated carbocycles. The van der Waals surface area contributed by atoms with Gasteiger partial charge in [0.1, 0.15) is 0 Å². The van der Waals surface area contributed by atoms with Crippen molar-refractivity contribution in [2.75, 3.05) is 0 Å². The van der Waals surface area contributed by atoms with Gasteiger partial charge in [-0.05, 0) is 49.7 Å². The monoisotopic (exact) mass is 377 g/mol. The number of rotatable bonds is 10. The average molecular weight is 378 g/mol. The van der Waals surface area contributed by atoms with E-state index in [1.165, 1.54) is 5.41 Å². The predicted molar refractivity (Wildman–Crippen MR) is 104 cm³/mol. The molecule has 2 rings (SSSR count). The van der Waals surface area contributed by atoms with Gasteiger partial charge < -0.3 is 5.11 Å². The van der Waals surface area contributed by atoms with E-state index in [0.717, 1.165) is 37.7 Å². The molecule has 142 valence electrons. The molecule has 2 N–H and O–H groups in total. The van der Waals surface area contributed by atoms with E-state index < -0.39 is 16.0 Å². The third kappa shape index (κ3) is 7.54. The second kappa shape index (κ2) is 10.3. The second-order valence-electron chi connectivity index (χ2n) is 6.67. The minimum Gasteiger partial charge on any atom is -0.481 e. The summed E-state index contributed by atoms with van der Waals surface area (Å²) < 4.78 is 27.4. The van der Waals surface area contributed by atoms with E-state index in [9.17, 15) is 13.2 Å². The molecule has 0 spiro atoms. The quantitative estimate of drug-likeness (QED) is 0.478. The molecule has 5 nitrogen and oxygen atoms in total. The van der Waals surface area contributed by atoms with Gasteiger partial charge in [0.2, 0.25) is 10.0 Å². The number of hydrogen-bond donors (Lipinski definition) is 2. The Morgan fingerprint density at radius 3 is 2.69 bits per heavy atom. The fourth-order valence-corrected chi connectivity index (χ4v) is 4.36. The van der Waals surface area contributed by atoms with Crippen LogP contribution in [-0.2, 0) is 14.8 Å².